The Balaban J connectivity index is 2.07. The van der Waals surface area contributed by atoms with Crippen molar-refractivity contribution in [3.8, 4) is 0 Å². The molecule has 0 aromatic carbocycles. The third-order valence-corrected chi connectivity index (χ3v) is 5.06. The average Bonchev–Trinajstić information content (AvgIpc) is 2.31. The fourth-order valence-electron chi connectivity index (χ4n) is 3.51. The van der Waals surface area contributed by atoms with Gasteiger partial charge in [-0.25, -0.2) is 0 Å². The summed E-state index contributed by atoms with van der Waals surface area (Å²) >= 11 is 0. The topological polar surface area (TPSA) is 49.6 Å². The maximum atomic E-state index is 12.8. The summed E-state index contributed by atoms with van der Waals surface area (Å²) < 4.78 is 0. The van der Waals surface area contributed by atoms with E-state index in [2.05, 4.69) is 32.7 Å². The smallest absolute Gasteiger partial charge is 0.242 e. The summed E-state index contributed by atoms with van der Waals surface area (Å²) in [6.07, 6.45) is 3.99. The van der Waals surface area contributed by atoms with Gasteiger partial charge >= 0.3 is 0 Å². The molecule has 1 amide bonds. The van der Waals surface area contributed by atoms with Crippen molar-refractivity contribution in [3.63, 3.8) is 0 Å². The molecule has 4 nitrogen and oxygen atoms in total. The summed E-state index contributed by atoms with van der Waals surface area (Å²) in [6, 6.07) is 0. The standard InChI is InChI=1S/C15H29N3O/c1-12-6-5-7-15(16,10-12)13(19)18-9-8-17(4)14(2,3)11-18/h12H,5-11,16H2,1-4H3. The molecule has 19 heavy (non-hydrogen) atoms. The molecule has 2 fully saturated rings. The van der Waals surface area contributed by atoms with Crippen molar-refractivity contribution in [1.82, 2.24) is 9.80 Å². The lowest BCUT2D eigenvalue weighted by molar-refractivity contribution is -0.143. The number of likely N-dealkylation sites (N-methyl/N-ethyl adjacent to an activating group) is 1. The second-order valence-electron chi connectivity index (χ2n) is 7.32. The van der Waals surface area contributed by atoms with Gasteiger partial charge in [-0.3, -0.25) is 9.69 Å². The van der Waals surface area contributed by atoms with E-state index in [9.17, 15) is 4.79 Å². The van der Waals surface area contributed by atoms with E-state index in [0.717, 1.165) is 38.9 Å². The summed E-state index contributed by atoms with van der Waals surface area (Å²) in [5, 5.41) is 0. The maximum Gasteiger partial charge on any atom is 0.242 e. The minimum Gasteiger partial charge on any atom is -0.338 e. The summed E-state index contributed by atoms with van der Waals surface area (Å²) in [6.45, 7) is 9.13. The lowest BCUT2D eigenvalue weighted by Crippen LogP contribution is -2.65. The molecule has 2 atom stereocenters. The molecule has 0 aromatic heterocycles. The fraction of sp³-hybridized carbons (Fsp3) is 0.933. The Morgan fingerprint density at radius 3 is 2.58 bits per heavy atom. The van der Waals surface area contributed by atoms with Gasteiger partial charge in [-0.1, -0.05) is 19.8 Å². The Labute approximate surface area is 117 Å². The van der Waals surface area contributed by atoms with E-state index in [0.29, 0.717) is 5.92 Å². The molecule has 2 rings (SSSR count). The van der Waals surface area contributed by atoms with Crippen LogP contribution in [0.2, 0.25) is 0 Å². The molecule has 0 radical (unpaired) electrons. The highest BCUT2D eigenvalue weighted by molar-refractivity contribution is 5.86. The number of piperazine rings is 1. The summed E-state index contributed by atoms with van der Waals surface area (Å²) in [7, 11) is 2.13. The second-order valence-corrected chi connectivity index (χ2v) is 7.32. The lowest BCUT2D eigenvalue weighted by Gasteiger charge is -2.48. The first-order valence-corrected chi connectivity index (χ1v) is 7.54. The number of rotatable bonds is 1. The van der Waals surface area contributed by atoms with Crippen LogP contribution in [0.1, 0.15) is 46.5 Å². The van der Waals surface area contributed by atoms with Gasteiger partial charge < -0.3 is 10.6 Å². The molecule has 0 bridgehead atoms. The third kappa shape index (κ3) is 2.95. The van der Waals surface area contributed by atoms with Gasteiger partial charge in [0, 0.05) is 25.2 Å². The van der Waals surface area contributed by atoms with Crippen molar-refractivity contribution in [1.29, 1.82) is 0 Å². The minimum absolute atomic E-state index is 0.0462. The van der Waals surface area contributed by atoms with Gasteiger partial charge in [0.05, 0.1) is 5.54 Å². The Hall–Kier alpha value is -0.610. The molecule has 2 aliphatic rings. The summed E-state index contributed by atoms with van der Waals surface area (Å²) in [5.74, 6) is 0.753. The number of amides is 1. The summed E-state index contributed by atoms with van der Waals surface area (Å²) in [4.78, 5) is 17.1. The molecule has 2 unspecified atom stereocenters. The van der Waals surface area contributed by atoms with Crippen molar-refractivity contribution in [3.05, 3.63) is 0 Å². The van der Waals surface area contributed by atoms with Crippen LogP contribution in [0.4, 0.5) is 0 Å². The normalized spacial score (nSPS) is 36.3. The minimum atomic E-state index is -0.607. The van der Waals surface area contributed by atoms with Crippen LogP contribution in [0.15, 0.2) is 0 Å². The molecule has 4 heteroatoms. The third-order valence-electron chi connectivity index (χ3n) is 5.06. The molecule has 0 spiro atoms. The van der Waals surface area contributed by atoms with Gasteiger partial charge in [-0.2, -0.15) is 0 Å². The van der Waals surface area contributed by atoms with Gasteiger partial charge in [0.25, 0.3) is 0 Å². The van der Waals surface area contributed by atoms with Crippen LogP contribution in [-0.2, 0) is 4.79 Å². The molecule has 0 aromatic rings. The Morgan fingerprint density at radius 1 is 1.32 bits per heavy atom. The highest BCUT2D eigenvalue weighted by Crippen LogP contribution is 2.33. The number of carbonyl (C=O) groups is 1. The molecule has 1 saturated carbocycles. The van der Waals surface area contributed by atoms with Crippen molar-refractivity contribution in [2.24, 2.45) is 11.7 Å². The molecule has 1 heterocycles. The fourth-order valence-corrected chi connectivity index (χ4v) is 3.51. The molecule has 1 aliphatic heterocycles. The number of hydrogen-bond donors (Lipinski definition) is 1. The van der Waals surface area contributed by atoms with Crippen molar-refractivity contribution in [2.45, 2.75) is 57.5 Å². The van der Waals surface area contributed by atoms with Crippen LogP contribution in [0.3, 0.4) is 0 Å². The van der Waals surface area contributed by atoms with Gasteiger partial charge in [0.1, 0.15) is 0 Å². The number of carbonyl (C=O) groups excluding carboxylic acids is 1. The zero-order chi connectivity index (χ0) is 14.3. The van der Waals surface area contributed by atoms with Crippen LogP contribution < -0.4 is 5.73 Å². The quantitative estimate of drug-likeness (QED) is 0.782. The first kappa shape index (κ1) is 14.8. The van der Waals surface area contributed by atoms with Crippen LogP contribution in [0, 0.1) is 5.92 Å². The Bertz CT molecular complexity index is 355. The van der Waals surface area contributed by atoms with Crippen molar-refractivity contribution in [2.75, 3.05) is 26.7 Å². The van der Waals surface area contributed by atoms with Gasteiger partial charge in [-0.15, -0.1) is 0 Å². The van der Waals surface area contributed by atoms with Crippen LogP contribution in [-0.4, -0.2) is 53.5 Å². The van der Waals surface area contributed by atoms with E-state index >= 15 is 0 Å². The van der Waals surface area contributed by atoms with Gasteiger partial charge in [0.2, 0.25) is 5.91 Å². The number of nitrogens with zero attached hydrogens (tertiary/aromatic N) is 2. The predicted molar refractivity (Wildman–Crippen MR) is 77.8 cm³/mol. The molecular formula is C15H29N3O. The molecular weight excluding hydrogens is 238 g/mol. The first-order valence-electron chi connectivity index (χ1n) is 7.54. The molecule has 2 N–H and O–H groups in total. The van der Waals surface area contributed by atoms with Crippen LogP contribution >= 0.6 is 0 Å². The van der Waals surface area contributed by atoms with E-state index in [1.807, 2.05) is 4.90 Å². The van der Waals surface area contributed by atoms with Crippen LogP contribution in [0.5, 0.6) is 0 Å². The maximum absolute atomic E-state index is 12.8. The molecule has 1 aliphatic carbocycles. The van der Waals surface area contributed by atoms with Gasteiger partial charge in [0.15, 0.2) is 0 Å². The zero-order valence-corrected chi connectivity index (χ0v) is 12.9. The van der Waals surface area contributed by atoms with Gasteiger partial charge in [-0.05, 0) is 39.7 Å². The molecule has 1 saturated heterocycles. The van der Waals surface area contributed by atoms with Crippen molar-refractivity contribution >= 4 is 5.91 Å². The zero-order valence-electron chi connectivity index (χ0n) is 12.9. The summed E-state index contributed by atoms with van der Waals surface area (Å²) in [5.41, 5.74) is 5.88. The van der Waals surface area contributed by atoms with Crippen LogP contribution in [0.25, 0.3) is 0 Å². The Kier molecular flexibility index (Phi) is 3.94. The monoisotopic (exact) mass is 267 g/mol. The first-order chi connectivity index (χ1) is 8.74. The van der Waals surface area contributed by atoms with E-state index in [-0.39, 0.29) is 11.4 Å². The SMILES string of the molecule is CC1CCCC(N)(C(=O)N2CCN(C)C(C)(C)C2)C1. The number of hydrogen-bond acceptors (Lipinski definition) is 3. The van der Waals surface area contributed by atoms with Crippen molar-refractivity contribution < 1.29 is 4.79 Å². The van der Waals surface area contributed by atoms with E-state index in [1.165, 1.54) is 6.42 Å². The van der Waals surface area contributed by atoms with E-state index in [1.54, 1.807) is 0 Å². The highest BCUT2D eigenvalue weighted by atomic mass is 16.2. The predicted octanol–water partition coefficient (Wildman–Crippen LogP) is 1.45. The average molecular weight is 267 g/mol. The molecule has 110 valence electrons. The lowest BCUT2D eigenvalue weighted by atomic mass is 9.76. The largest absolute Gasteiger partial charge is 0.338 e. The van der Waals surface area contributed by atoms with E-state index < -0.39 is 5.54 Å². The second kappa shape index (κ2) is 5.06. The Morgan fingerprint density at radius 2 is 2.00 bits per heavy atom. The number of nitrogens with two attached hydrogens (primary N) is 1. The highest BCUT2D eigenvalue weighted by Gasteiger charge is 2.43. The van der Waals surface area contributed by atoms with E-state index in [4.69, 9.17) is 5.73 Å².